The van der Waals surface area contributed by atoms with Gasteiger partial charge in [0.25, 0.3) is 0 Å². The van der Waals surface area contributed by atoms with Crippen molar-refractivity contribution in [1.82, 2.24) is 0 Å². The zero-order valence-electron chi connectivity index (χ0n) is 34.1. The van der Waals surface area contributed by atoms with Gasteiger partial charge in [0.05, 0.1) is 34.0 Å². The van der Waals surface area contributed by atoms with Crippen molar-refractivity contribution in [2.24, 2.45) is 0 Å². The minimum atomic E-state index is -4.28. The Bertz CT molecular complexity index is 874. The van der Waals surface area contributed by atoms with Gasteiger partial charge in [0.1, 0.15) is 19.8 Å². The van der Waals surface area contributed by atoms with E-state index in [2.05, 4.69) is 26.0 Å². The lowest BCUT2D eigenvalue weighted by atomic mass is 10.0. The third kappa shape index (κ3) is 39.9. The van der Waals surface area contributed by atoms with Gasteiger partial charge in [0.15, 0.2) is 6.10 Å². The number of likely N-dealkylation sites (N-methyl/N-ethyl adjacent to an activating group) is 1. The molecular weight excluding hydrogens is 661 g/mol. The molecule has 0 aromatic carbocycles. The zero-order valence-corrected chi connectivity index (χ0v) is 35.0. The van der Waals surface area contributed by atoms with Crippen molar-refractivity contribution in [1.29, 1.82) is 0 Å². The molecule has 9 heteroatoms. The number of rotatable bonds is 39. The van der Waals surface area contributed by atoms with E-state index in [0.717, 1.165) is 32.1 Å². The Morgan fingerprint density at radius 2 is 1.04 bits per heavy atom. The summed E-state index contributed by atoms with van der Waals surface area (Å²) in [7, 11) is 1.64. The first-order valence-electron chi connectivity index (χ1n) is 21.1. The molecule has 0 saturated carbocycles. The largest absolute Gasteiger partial charge is 0.498 e. The molecule has 0 rings (SSSR count). The quantitative estimate of drug-likeness (QED) is 0.0167. The monoisotopic (exact) mass is 745 g/mol. The molecule has 0 aliphatic heterocycles. The third-order valence-corrected chi connectivity index (χ3v) is 10.1. The van der Waals surface area contributed by atoms with Gasteiger partial charge in [-0.3, -0.25) is 13.8 Å². The number of unbranched alkanes of at least 4 members (excludes halogenated alkanes) is 23. The molecule has 2 atom stereocenters. The molecule has 1 N–H and O–H groups in total. The number of hydrogen-bond acceptors (Lipinski definition) is 6. The number of esters is 1. The SMILES string of the molecule is CCCCCC/C=C\CCCCCCCCCC(=O)O[C@H](CO/C=C\CCCCCCCCCCCCCC)COP(=O)(O)OCC[N+](C)(C)C. The molecule has 302 valence electrons. The first-order chi connectivity index (χ1) is 24.6. The second-order valence-corrected chi connectivity index (χ2v) is 16.9. The average molecular weight is 745 g/mol. The van der Waals surface area contributed by atoms with Crippen LogP contribution in [0.1, 0.15) is 187 Å². The van der Waals surface area contributed by atoms with Crippen LogP contribution in [0.15, 0.2) is 24.5 Å². The number of carbonyl (C=O) groups excluding carboxylic acids is 1. The number of hydrogen-bond donors (Lipinski definition) is 1. The highest BCUT2D eigenvalue weighted by molar-refractivity contribution is 7.47. The number of phosphoric acid groups is 1. The van der Waals surface area contributed by atoms with Crippen LogP contribution in [0, 0.1) is 0 Å². The van der Waals surface area contributed by atoms with Crippen molar-refractivity contribution >= 4 is 13.8 Å². The lowest BCUT2D eigenvalue weighted by Gasteiger charge is -2.24. The molecule has 0 spiro atoms. The summed E-state index contributed by atoms with van der Waals surface area (Å²) < 4.78 is 34.7. The molecule has 0 fully saturated rings. The Morgan fingerprint density at radius 1 is 0.608 bits per heavy atom. The maximum Gasteiger partial charge on any atom is 0.472 e. The van der Waals surface area contributed by atoms with Gasteiger partial charge >= 0.3 is 13.8 Å². The first kappa shape index (κ1) is 49.8. The van der Waals surface area contributed by atoms with E-state index in [4.69, 9.17) is 18.5 Å². The molecule has 0 radical (unpaired) electrons. The standard InChI is InChI=1S/C42H82NO7P/c1-6-8-10-12-14-16-18-20-22-23-25-27-29-31-33-35-42(44)50-41(40-49-51(45,46)48-38-36-43(3,4)5)39-47-37-34-32-30-28-26-24-21-19-17-15-13-11-9-7-2/h16,18,34,37,41H,6-15,17,19-33,35-36,38-40H2,1-5H3/p+1/b18-16-,37-34-/t41-/m1/s1. The molecule has 0 amide bonds. The number of nitrogens with zero attached hydrogens (tertiary/aromatic N) is 1. The molecule has 0 bridgehead atoms. The number of carbonyl (C=O) groups is 1. The van der Waals surface area contributed by atoms with E-state index in [-0.39, 0.29) is 25.8 Å². The molecule has 0 heterocycles. The predicted octanol–water partition coefficient (Wildman–Crippen LogP) is 12.4. The van der Waals surface area contributed by atoms with Crippen LogP contribution in [0.3, 0.4) is 0 Å². The average Bonchev–Trinajstić information content (AvgIpc) is 3.08. The van der Waals surface area contributed by atoms with Gasteiger partial charge in [-0.05, 0) is 51.0 Å². The topological polar surface area (TPSA) is 91.3 Å². The molecule has 0 saturated heterocycles. The van der Waals surface area contributed by atoms with Crippen LogP contribution >= 0.6 is 7.82 Å². The molecule has 0 aliphatic carbocycles. The lowest BCUT2D eigenvalue weighted by Crippen LogP contribution is -2.37. The Labute approximate surface area is 315 Å². The molecule has 0 aliphatic rings. The van der Waals surface area contributed by atoms with Crippen molar-refractivity contribution in [3.05, 3.63) is 24.5 Å². The summed E-state index contributed by atoms with van der Waals surface area (Å²) in [5, 5.41) is 0. The van der Waals surface area contributed by atoms with Crippen LogP contribution in [0.4, 0.5) is 0 Å². The van der Waals surface area contributed by atoms with E-state index in [1.807, 2.05) is 27.2 Å². The Hall–Kier alpha value is -1.18. The van der Waals surface area contributed by atoms with Gasteiger partial charge in [-0.25, -0.2) is 4.57 Å². The van der Waals surface area contributed by atoms with Crippen molar-refractivity contribution in [2.75, 3.05) is 47.5 Å². The van der Waals surface area contributed by atoms with Crippen LogP contribution in [-0.4, -0.2) is 69.0 Å². The summed E-state index contributed by atoms with van der Waals surface area (Å²) in [4.78, 5) is 22.8. The smallest absolute Gasteiger partial charge is 0.472 e. The van der Waals surface area contributed by atoms with Crippen LogP contribution in [0.25, 0.3) is 0 Å². The Kier molecular flexibility index (Phi) is 35.0. The fourth-order valence-electron chi connectivity index (χ4n) is 5.75. The maximum atomic E-state index is 12.6. The van der Waals surface area contributed by atoms with Gasteiger partial charge < -0.3 is 18.9 Å². The molecule has 1 unspecified atom stereocenters. The van der Waals surface area contributed by atoms with Crippen molar-refractivity contribution in [3.8, 4) is 0 Å². The Morgan fingerprint density at radius 3 is 1.53 bits per heavy atom. The van der Waals surface area contributed by atoms with Crippen LogP contribution < -0.4 is 0 Å². The highest BCUT2D eigenvalue weighted by atomic mass is 31.2. The predicted molar refractivity (Wildman–Crippen MR) is 215 cm³/mol. The number of quaternary nitrogens is 1. The number of ether oxygens (including phenoxy) is 2. The molecule has 0 aromatic rings. The number of allylic oxidation sites excluding steroid dienone is 3. The maximum absolute atomic E-state index is 12.6. The summed E-state index contributed by atoms with van der Waals surface area (Å²) in [6.45, 7) is 4.92. The molecular formula is C42H83NO7P+. The summed E-state index contributed by atoms with van der Waals surface area (Å²) in [6, 6.07) is 0. The van der Waals surface area contributed by atoms with Gasteiger partial charge in [-0.2, -0.15) is 0 Å². The first-order valence-corrected chi connectivity index (χ1v) is 22.6. The summed E-state index contributed by atoms with van der Waals surface area (Å²) in [6.07, 6.45) is 40.1. The highest BCUT2D eigenvalue weighted by Gasteiger charge is 2.26. The van der Waals surface area contributed by atoms with Gasteiger partial charge in [0.2, 0.25) is 0 Å². The second kappa shape index (κ2) is 35.8. The van der Waals surface area contributed by atoms with Crippen molar-refractivity contribution < 1.29 is 37.3 Å². The molecule has 51 heavy (non-hydrogen) atoms. The van der Waals surface area contributed by atoms with Crippen LogP contribution in [0.2, 0.25) is 0 Å². The van der Waals surface area contributed by atoms with E-state index in [0.29, 0.717) is 17.4 Å². The fourth-order valence-corrected chi connectivity index (χ4v) is 6.49. The number of phosphoric ester groups is 1. The minimum absolute atomic E-state index is 0.0492. The molecule has 0 aromatic heterocycles. The van der Waals surface area contributed by atoms with E-state index in [1.54, 1.807) is 6.26 Å². The minimum Gasteiger partial charge on any atom is -0.498 e. The van der Waals surface area contributed by atoms with E-state index in [9.17, 15) is 14.3 Å². The van der Waals surface area contributed by atoms with Gasteiger partial charge in [0, 0.05) is 6.42 Å². The van der Waals surface area contributed by atoms with Crippen molar-refractivity contribution in [2.45, 2.75) is 193 Å². The summed E-state index contributed by atoms with van der Waals surface area (Å²) >= 11 is 0. The van der Waals surface area contributed by atoms with Crippen LogP contribution in [-0.2, 0) is 27.9 Å². The fraction of sp³-hybridized carbons (Fsp3) is 0.881. The van der Waals surface area contributed by atoms with E-state index < -0.39 is 13.9 Å². The third-order valence-electron chi connectivity index (χ3n) is 9.08. The second-order valence-electron chi connectivity index (χ2n) is 15.4. The lowest BCUT2D eigenvalue weighted by molar-refractivity contribution is -0.870. The highest BCUT2D eigenvalue weighted by Crippen LogP contribution is 2.43. The molecule has 8 nitrogen and oxygen atoms in total. The van der Waals surface area contributed by atoms with E-state index >= 15 is 0 Å². The summed E-state index contributed by atoms with van der Waals surface area (Å²) in [5.41, 5.74) is 0. The van der Waals surface area contributed by atoms with Gasteiger partial charge in [-0.1, -0.05) is 148 Å². The normalized spacial score (nSPS) is 14.0. The Balaban J connectivity index is 4.31. The van der Waals surface area contributed by atoms with Crippen LogP contribution in [0.5, 0.6) is 0 Å². The van der Waals surface area contributed by atoms with Gasteiger partial charge in [-0.15, -0.1) is 0 Å². The van der Waals surface area contributed by atoms with E-state index in [1.165, 1.54) is 135 Å². The van der Waals surface area contributed by atoms with Crippen molar-refractivity contribution in [3.63, 3.8) is 0 Å². The summed E-state index contributed by atoms with van der Waals surface area (Å²) in [5.74, 6) is -0.340. The zero-order chi connectivity index (χ0) is 37.7.